The summed E-state index contributed by atoms with van der Waals surface area (Å²) in [7, 11) is 0. The lowest BCUT2D eigenvalue weighted by Crippen LogP contribution is -2.33. The zero-order chi connectivity index (χ0) is 9.31. The number of cyclic esters (lactones) is 1. The summed E-state index contributed by atoms with van der Waals surface area (Å²) in [6.07, 6.45) is 3.00. The zero-order valence-corrected chi connectivity index (χ0v) is 7.84. The van der Waals surface area contributed by atoms with Gasteiger partial charge in [-0.05, 0) is 19.8 Å². The van der Waals surface area contributed by atoms with E-state index in [-0.39, 0.29) is 17.8 Å². The lowest BCUT2D eigenvalue weighted by Gasteiger charge is -2.23. The molecule has 13 heavy (non-hydrogen) atoms. The van der Waals surface area contributed by atoms with Gasteiger partial charge in [-0.2, -0.15) is 0 Å². The van der Waals surface area contributed by atoms with Crippen LogP contribution in [0.2, 0.25) is 0 Å². The minimum atomic E-state index is -0.355. The fourth-order valence-corrected chi connectivity index (χ4v) is 1.96. The average molecular weight is 185 g/mol. The van der Waals surface area contributed by atoms with Crippen molar-refractivity contribution in [3.8, 4) is 0 Å². The van der Waals surface area contributed by atoms with Gasteiger partial charge in [0, 0.05) is 13.0 Å². The fourth-order valence-electron chi connectivity index (χ4n) is 1.96. The van der Waals surface area contributed by atoms with Crippen molar-refractivity contribution in [3.63, 3.8) is 0 Å². The highest BCUT2D eigenvalue weighted by molar-refractivity contribution is 5.70. The number of rotatable bonds is 2. The summed E-state index contributed by atoms with van der Waals surface area (Å²) in [6.45, 7) is 3.40. The molecule has 0 aromatic heterocycles. The molecule has 4 nitrogen and oxygen atoms in total. The number of carbonyl (C=O) groups excluding carboxylic acids is 1. The molecule has 4 heteroatoms. The van der Waals surface area contributed by atoms with Crippen molar-refractivity contribution in [2.45, 2.75) is 37.9 Å². The Hall–Kier alpha value is -0.770. The van der Waals surface area contributed by atoms with Crippen molar-refractivity contribution < 1.29 is 14.3 Å². The van der Waals surface area contributed by atoms with Crippen LogP contribution in [0.5, 0.6) is 0 Å². The molecule has 0 radical (unpaired) electrons. The van der Waals surface area contributed by atoms with Gasteiger partial charge in [0.25, 0.3) is 0 Å². The molecule has 2 saturated heterocycles. The van der Waals surface area contributed by atoms with Gasteiger partial charge in [-0.25, -0.2) is 4.79 Å². The van der Waals surface area contributed by atoms with Crippen LogP contribution in [0.1, 0.15) is 26.2 Å². The normalized spacial score (nSPS) is 38.8. The molecule has 2 fully saturated rings. The number of ether oxygens (including phenoxy) is 2. The third-order valence-electron chi connectivity index (χ3n) is 2.63. The largest absolute Gasteiger partial charge is 0.441 e. The predicted octanol–water partition coefficient (Wildman–Crippen LogP) is 1.05. The van der Waals surface area contributed by atoms with E-state index < -0.39 is 0 Å². The molecule has 1 N–H and O–H groups in total. The fraction of sp³-hybridized carbons (Fsp3) is 0.889. The SMILES string of the molecule is CC1(CC2CCCO2)CNC(=O)O1. The predicted molar refractivity (Wildman–Crippen MR) is 46.5 cm³/mol. The number of nitrogens with one attached hydrogen (secondary N) is 1. The number of alkyl carbamates (subject to hydrolysis) is 1. The van der Waals surface area contributed by atoms with Crippen LogP contribution in [0.25, 0.3) is 0 Å². The molecular formula is C9H15NO3. The van der Waals surface area contributed by atoms with E-state index in [0.717, 1.165) is 25.9 Å². The molecule has 0 spiro atoms. The first-order chi connectivity index (χ1) is 6.18. The minimum absolute atomic E-state index is 0.276. The molecule has 2 unspecified atom stereocenters. The Bertz CT molecular complexity index is 213. The van der Waals surface area contributed by atoms with Gasteiger partial charge in [-0.15, -0.1) is 0 Å². The smallest absolute Gasteiger partial charge is 0.407 e. The molecule has 0 aromatic carbocycles. The Labute approximate surface area is 77.6 Å². The molecule has 1 amide bonds. The Morgan fingerprint density at radius 3 is 3.08 bits per heavy atom. The Morgan fingerprint density at radius 2 is 2.54 bits per heavy atom. The summed E-state index contributed by atoms with van der Waals surface area (Å²) >= 11 is 0. The lowest BCUT2D eigenvalue weighted by atomic mass is 9.97. The molecular weight excluding hydrogens is 170 g/mol. The number of amides is 1. The van der Waals surface area contributed by atoms with Gasteiger partial charge in [0.05, 0.1) is 12.6 Å². The van der Waals surface area contributed by atoms with Crippen LogP contribution >= 0.6 is 0 Å². The molecule has 2 atom stereocenters. The van der Waals surface area contributed by atoms with Gasteiger partial charge >= 0.3 is 6.09 Å². The number of hydrogen-bond donors (Lipinski definition) is 1. The highest BCUT2D eigenvalue weighted by Gasteiger charge is 2.38. The highest BCUT2D eigenvalue weighted by Crippen LogP contribution is 2.27. The second kappa shape index (κ2) is 3.18. The Morgan fingerprint density at radius 1 is 1.69 bits per heavy atom. The van der Waals surface area contributed by atoms with Crippen LogP contribution < -0.4 is 5.32 Å². The van der Waals surface area contributed by atoms with Crippen molar-refractivity contribution >= 4 is 6.09 Å². The summed E-state index contributed by atoms with van der Waals surface area (Å²) in [5.74, 6) is 0. The van der Waals surface area contributed by atoms with E-state index in [9.17, 15) is 4.79 Å². The van der Waals surface area contributed by atoms with E-state index in [1.54, 1.807) is 0 Å². The van der Waals surface area contributed by atoms with Crippen molar-refractivity contribution in [3.05, 3.63) is 0 Å². The van der Waals surface area contributed by atoms with E-state index >= 15 is 0 Å². The second-order valence-corrected chi connectivity index (χ2v) is 4.03. The summed E-state index contributed by atoms with van der Waals surface area (Å²) in [6, 6.07) is 0. The monoisotopic (exact) mass is 185 g/mol. The summed E-state index contributed by atoms with van der Waals surface area (Å²) < 4.78 is 10.7. The van der Waals surface area contributed by atoms with Crippen LogP contribution in [0.3, 0.4) is 0 Å². The molecule has 2 rings (SSSR count). The second-order valence-electron chi connectivity index (χ2n) is 4.03. The van der Waals surface area contributed by atoms with Crippen molar-refractivity contribution in [2.75, 3.05) is 13.2 Å². The molecule has 0 saturated carbocycles. The van der Waals surface area contributed by atoms with Crippen LogP contribution in [0.4, 0.5) is 4.79 Å². The summed E-state index contributed by atoms with van der Waals surface area (Å²) in [4.78, 5) is 10.9. The van der Waals surface area contributed by atoms with Crippen LogP contribution in [-0.2, 0) is 9.47 Å². The molecule has 2 aliphatic rings. The summed E-state index contributed by atoms with van der Waals surface area (Å²) in [5.41, 5.74) is -0.355. The number of carbonyl (C=O) groups is 1. The summed E-state index contributed by atoms with van der Waals surface area (Å²) in [5, 5.41) is 2.67. The molecule has 0 bridgehead atoms. The average Bonchev–Trinajstić information content (AvgIpc) is 2.62. The molecule has 0 aromatic rings. The van der Waals surface area contributed by atoms with Crippen molar-refractivity contribution in [1.82, 2.24) is 5.32 Å². The van der Waals surface area contributed by atoms with Crippen molar-refractivity contribution in [1.29, 1.82) is 0 Å². The van der Waals surface area contributed by atoms with Gasteiger partial charge in [-0.1, -0.05) is 0 Å². The number of hydrogen-bond acceptors (Lipinski definition) is 3. The van der Waals surface area contributed by atoms with Gasteiger partial charge in [0.2, 0.25) is 0 Å². The van der Waals surface area contributed by atoms with Gasteiger partial charge < -0.3 is 14.8 Å². The topological polar surface area (TPSA) is 47.6 Å². The zero-order valence-electron chi connectivity index (χ0n) is 7.84. The van der Waals surface area contributed by atoms with E-state index in [1.807, 2.05) is 6.92 Å². The first-order valence-electron chi connectivity index (χ1n) is 4.76. The maximum absolute atomic E-state index is 10.9. The van der Waals surface area contributed by atoms with Crippen LogP contribution in [-0.4, -0.2) is 30.9 Å². The first kappa shape index (κ1) is 8.81. The van der Waals surface area contributed by atoms with Gasteiger partial charge in [-0.3, -0.25) is 0 Å². The van der Waals surface area contributed by atoms with E-state index in [1.165, 1.54) is 0 Å². The van der Waals surface area contributed by atoms with Crippen LogP contribution in [0.15, 0.2) is 0 Å². The van der Waals surface area contributed by atoms with Crippen molar-refractivity contribution in [2.24, 2.45) is 0 Å². The minimum Gasteiger partial charge on any atom is -0.441 e. The molecule has 2 heterocycles. The molecule has 74 valence electrons. The maximum atomic E-state index is 10.9. The third kappa shape index (κ3) is 1.94. The van der Waals surface area contributed by atoms with Gasteiger partial charge in [0.15, 0.2) is 0 Å². The first-order valence-corrected chi connectivity index (χ1v) is 4.76. The van der Waals surface area contributed by atoms with E-state index in [2.05, 4.69) is 5.32 Å². The Kier molecular flexibility index (Phi) is 2.15. The van der Waals surface area contributed by atoms with Gasteiger partial charge in [0.1, 0.15) is 5.60 Å². The standard InChI is InChI=1S/C9H15NO3/c1-9(6-10-8(11)13-9)5-7-3-2-4-12-7/h7H,2-6H2,1H3,(H,10,11). The van der Waals surface area contributed by atoms with E-state index in [4.69, 9.17) is 9.47 Å². The lowest BCUT2D eigenvalue weighted by molar-refractivity contribution is 0.00980. The van der Waals surface area contributed by atoms with E-state index in [0.29, 0.717) is 6.54 Å². The molecule has 2 aliphatic heterocycles. The Balaban J connectivity index is 1.88. The maximum Gasteiger partial charge on any atom is 0.407 e. The third-order valence-corrected chi connectivity index (χ3v) is 2.63. The highest BCUT2D eigenvalue weighted by atomic mass is 16.6. The quantitative estimate of drug-likeness (QED) is 0.699. The van der Waals surface area contributed by atoms with Crippen LogP contribution in [0, 0.1) is 0 Å². The molecule has 0 aliphatic carbocycles.